The van der Waals surface area contributed by atoms with Gasteiger partial charge < -0.3 is 10.4 Å². The molecule has 2 aromatic carbocycles. The van der Waals surface area contributed by atoms with Gasteiger partial charge in [0.25, 0.3) is 0 Å². The zero-order valence-corrected chi connectivity index (χ0v) is 21.4. The molecule has 1 saturated carbocycles. The van der Waals surface area contributed by atoms with Crippen LogP contribution in [0.1, 0.15) is 31.2 Å². The SMILES string of the molecule is O=C(Nc1cccc(-c2ccc(S(=O)(=O)N3CCC[C@@H]3CO)cc2)n1)C1(c2ccc3nccnc3c2)CC1. The minimum absolute atomic E-state index is 0.115. The van der Waals surface area contributed by atoms with Gasteiger partial charge in [-0.15, -0.1) is 0 Å². The van der Waals surface area contributed by atoms with Crippen molar-refractivity contribution in [2.24, 2.45) is 0 Å². The normalized spacial score (nSPS) is 18.9. The summed E-state index contributed by atoms with van der Waals surface area (Å²) in [6.07, 6.45) is 6.17. The molecule has 0 unspecified atom stereocenters. The third-order valence-electron chi connectivity index (χ3n) is 7.49. The molecule has 1 aliphatic heterocycles. The fourth-order valence-corrected chi connectivity index (χ4v) is 6.86. The number of rotatable bonds is 7. The number of fused-ring (bicyclic) bond motifs is 1. The number of aliphatic hydroxyl groups is 1. The van der Waals surface area contributed by atoms with Gasteiger partial charge in [-0.1, -0.05) is 24.3 Å². The number of anilines is 1. The third kappa shape index (κ3) is 4.34. The molecule has 0 radical (unpaired) electrons. The van der Waals surface area contributed by atoms with Crippen molar-refractivity contribution in [3.05, 3.63) is 78.6 Å². The number of carbonyl (C=O) groups excluding carboxylic acids is 1. The van der Waals surface area contributed by atoms with Crippen LogP contribution in [0, 0.1) is 0 Å². The van der Waals surface area contributed by atoms with Gasteiger partial charge in [-0.25, -0.2) is 13.4 Å². The van der Waals surface area contributed by atoms with Gasteiger partial charge in [0.2, 0.25) is 15.9 Å². The van der Waals surface area contributed by atoms with E-state index in [2.05, 4.69) is 20.3 Å². The maximum atomic E-state index is 13.3. The summed E-state index contributed by atoms with van der Waals surface area (Å²) in [5.74, 6) is 0.315. The van der Waals surface area contributed by atoms with E-state index in [4.69, 9.17) is 0 Å². The van der Waals surface area contributed by atoms with E-state index >= 15 is 0 Å². The Labute approximate surface area is 220 Å². The Morgan fingerprint density at radius 1 is 1.03 bits per heavy atom. The second-order valence-corrected chi connectivity index (χ2v) is 11.7. The quantitative estimate of drug-likeness (QED) is 0.375. The summed E-state index contributed by atoms with van der Waals surface area (Å²) >= 11 is 0. The molecule has 38 heavy (non-hydrogen) atoms. The maximum absolute atomic E-state index is 13.3. The second kappa shape index (κ2) is 9.54. The summed E-state index contributed by atoms with van der Waals surface area (Å²) in [4.78, 5) is 26.8. The van der Waals surface area contributed by atoms with E-state index in [0.717, 1.165) is 41.4 Å². The molecule has 10 heteroatoms. The van der Waals surface area contributed by atoms with E-state index in [0.29, 0.717) is 24.5 Å². The standard InChI is InChI=1S/C28H27N5O4S/c34-18-21-3-2-16-33(21)38(36,37)22-9-6-19(7-10-22)23-4-1-5-26(31-23)32-27(35)28(12-13-28)20-8-11-24-25(17-20)30-15-14-29-24/h1,4-11,14-15,17,21,34H,2-3,12-13,16,18H2,(H,31,32,35)/t21-/m1/s1. The highest BCUT2D eigenvalue weighted by atomic mass is 32.2. The predicted molar refractivity (Wildman–Crippen MR) is 143 cm³/mol. The lowest BCUT2D eigenvalue weighted by Gasteiger charge is -2.22. The van der Waals surface area contributed by atoms with Crippen LogP contribution in [0.2, 0.25) is 0 Å². The average molecular weight is 530 g/mol. The number of carbonyl (C=O) groups is 1. The Hall–Kier alpha value is -3.73. The Bertz CT molecular complexity index is 1620. The summed E-state index contributed by atoms with van der Waals surface area (Å²) in [5.41, 5.74) is 3.20. The molecule has 1 atom stereocenters. The van der Waals surface area contributed by atoms with Crippen LogP contribution in [0.3, 0.4) is 0 Å². The van der Waals surface area contributed by atoms with E-state index < -0.39 is 15.4 Å². The van der Waals surface area contributed by atoms with E-state index in [-0.39, 0.29) is 23.5 Å². The molecule has 2 aromatic heterocycles. The lowest BCUT2D eigenvalue weighted by molar-refractivity contribution is -0.118. The number of hydrogen-bond acceptors (Lipinski definition) is 7. The smallest absolute Gasteiger partial charge is 0.243 e. The monoisotopic (exact) mass is 529 g/mol. The fourth-order valence-electron chi connectivity index (χ4n) is 5.17. The van der Waals surface area contributed by atoms with Gasteiger partial charge in [-0.3, -0.25) is 14.8 Å². The van der Waals surface area contributed by atoms with E-state index in [1.807, 2.05) is 30.3 Å². The van der Waals surface area contributed by atoms with Gasteiger partial charge in [0.15, 0.2) is 0 Å². The summed E-state index contributed by atoms with van der Waals surface area (Å²) in [5, 5.41) is 12.5. The number of aliphatic hydroxyl groups excluding tert-OH is 1. The molecule has 4 aromatic rings. The molecule has 2 N–H and O–H groups in total. The molecule has 1 saturated heterocycles. The van der Waals surface area contributed by atoms with Crippen LogP contribution < -0.4 is 5.32 Å². The van der Waals surface area contributed by atoms with Crippen molar-refractivity contribution in [3.8, 4) is 11.3 Å². The number of pyridine rings is 1. The van der Waals surface area contributed by atoms with Crippen LogP contribution in [0.25, 0.3) is 22.3 Å². The first-order chi connectivity index (χ1) is 18.4. The fraction of sp³-hybridized carbons (Fsp3) is 0.286. The van der Waals surface area contributed by atoms with Gasteiger partial charge >= 0.3 is 0 Å². The molecular formula is C28H27N5O4S. The predicted octanol–water partition coefficient (Wildman–Crippen LogP) is 3.51. The van der Waals surface area contributed by atoms with E-state index in [1.165, 1.54) is 4.31 Å². The van der Waals surface area contributed by atoms with Crippen molar-refractivity contribution in [3.63, 3.8) is 0 Å². The van der Waals surface area contributed by atoms with Crippen molar-refractivity contribution >= 4 is 32.8 Å². The second-order valence-electron chi connectivity index (χ2n) is 9.82. The van der Waals surface area contributed by atoms with Crippen LogP contribution in [0.15, 0.2) is 78.0 Å². The highest BCUT2D eigenvalue weighted by Gasteiger charge is 2.51. The van der Waals surface area contributed by atoms with Gasteiger partial charge in [0, 0.05) is 30.5 Å². The largest absolute Gasteiger partial charge is 0.395 e. The van der Waals surface area contributed by atoms with Crippen LogP contribution in [0.4, 0.5) is 5.82 Å². The summed E-state index contributed by atoms with van der Waals surface area (Å²) in [7, 11) is -3.69. The maximum Gasteiger partial charge on any atom is 0.243 e. The minimum Gasteiger partial charge on any atom is -0.395 e. The Morgan fingerprint density at radius 3 is 2.53 bits per heavy atom. The third-order valence-corrected chi connectivity index (χ3v) is 9.45. The minimum atomic E-state index is -3.69. The molecule has 1 amide bonds. The lowest BCUT2D eigenvalue weighted by Crippen LogP contribution is -2.37. The first-order valence-electron chi connectivity index (χ1n) is 12.6. The van der Waals surface area contributed by atoms with Gasteiger partial charge in [-0.05, 0) is 67.6 Å². The van der Waals surface area contributed by atoms with Crippen LogP contribution >= 0.6 is 0 Å². The van der Waals surface area contributed by atoms with Gasteiger partial charge in [0.05, 0.1) is 33.6 Å². The number of nitrogens with one attached hydrogen (secondary N) is 1. The highest BCUT2D eigenvalue weighted by Crippen LogP contribution is 2.49. The molecule has 6 rings (SSSR count). The first kappa shape index (κ1) is 24.6. The summed E-state index contributed by atoms with van der Waals surface area (Å²) < 4.78 is 27.5. The number of benzene rings is 2. The Kier molecular flexibility index (Phi) is 6.17. The number of hydrogen-bond donors (Lipinski definition) is 2. The number of sulfonamides is 1. The van der Waals surface area contributed by atoms with Gasteiger partial charge in [-0.2, -0.15) is 4.31 Å². The molecular weight excluding hydrogens is 502 g/mol. The Morgan fingerprint density at radius 2 is 1.79 bits per heavy atom. The van der Waals surface area contributed by atoms with Crippen molar-refractivity contribution in [1.82, 2.24) is 19.3 Å². The molecule has 0 bridgehead atoms. The van der Waals surface area contributed by atoms with E-state index in [1.54, 1.807) is 42.7 Å². The van der Waals surface area contributed by atoms with E-state index in [9.17, 15) is 18.3 Å². The van der Waals surface area contributed by atoms with Crippen LogP contribution in [0.5, 0.6) is 0 Å². The number of aromatic nitrogens is 3. The van der Waals surface area contributed by atoms with Gasteiger partial charge in [0.1, 0.15) is 5.82 Å². The summed E-state index contributed by atoms with van der Waals surface area (Å²) in [6, 6.07) is 17.3. The molecule has 194 valence electrons. The van der Waals surface area contributed by atoms with Crippen molar-refractivity contribution in [2.75, 3.05) is 18.5 Å². The number of nitrogens with zero attached hydrogens (tertiary/aromatic N) is 4. The topological polar surface area (TPSA) is 125 Å². The average Bonchev–Trinajstić information content (AvgIpc) is 3.62. The van der Waals surface area contributed by atoms with Crippen LogP contribution in [-0.4, -0.2) is 57.9 Å². The molecule has 1 aliphatic carbocycles. The zero-order valence-electron chi connectivity index (χ0n) is 20.6. The lowest BCUT2D eigenvalue weighted by atomic mass is 9.94. The van der Waals surface area contributed by atoms with Crippen molar-refractivity contribution in [2.45, 2.75) is 42.0 Å². The summed E-state index contributed by atoms with van der Waals surface area (Å²) in [6.45, 7) is 0.225. The number of amides is 1. The van der Waals surface area contributed by atoms with Crippen LogP contribution in [-0.2, 0) is 20.2 Å². The first-order valence-corrected chi connectivity index (χ1v) is 14.1. The van der Waals surface area contributed by atoms with Crippen molar-refractivity contribution in [1.29, 1.82) is 0 Å². The molecule has 3 heterocycles. The Balaban J connectivity index is 1.20. The highest BCUT2D eigenvalue weighted by molar-refractivity contribution is 7.89. The molecule has 2 fully saturated rings. The zero-order chi connectivity index (χ0) is 26.3. The van der Waals surface area contributed by atoms with Crippen molar-refractivity contribution < 1.29 is 18.3 Å². The molecule has 0 spiro atoms. The molecule has 2 aliphatic rings. The molecule has 9 nitrogen and oxygen atoms in total.